The zero-order chi connectivity index (χ0) is 20.4. The van der Waals surface area contributed by atoms with Crippen molar-refractivity contribution < 1.29 is 9.13 Å². The van der Waals surface area contributed by atoms with Crippen LogP contribution in [0.5, 0.6) is 5.75 Å². The minimum Gasteiger partial charge on any atom is -0.485 e. The lowest BCUT2D eigenvalue weighted by Crippen LogP contribution is -2.44. The molecular weight excluding hydrogens is 408 g/mol. The number of hydrogen-bond acceptors (Lipinski definition) is 4. The standard InChI is InChI=1S/C22H24ClFN3OP/c1-14(27-11-9-16(23)12-21(27)29-2)18-7-6-15-4-3-5-20(22(15)26-18)28-19-8-10-25-13-17(19)24/h3-7,9,11-12,17,19,21,25,29H,1,8,10,13H2,2H3/t17-,19+,21?/m1/s1. The Labute approximate surface area is 177 Å². The van der Waals surface area contributed by atoms with E-state index in [2.05, 4.69) is 23.5 Å². The monoisotopic (exact) mass is 431 g/mol. The van der Waals surface area contributed by atoms with Crippen LogP contribution >= 0.6 is 20.2 Å². The molecule has 0 spiro atoms. The number of piperidine rings is 1. The van der Waals surface area contributed by atoms with Gasteiger partial charge in [-0.2, -0.15) is 0 Å². The normalized spacial score (nSPS) is 24.9. The van der Waals surface area contributed by atoms with Gasteiger partial charge in [0.1, 0.15) is 23.5 Å². The van der Waals surface area contributed by atoms with Crippen molar-refractivity contribution in [2.24, 2.45) is 0 Å². The maximum absolute atomic E-state index is 14.2. The summed E-state index contributed by atoms with van der Waals surface area (Å²) in [6.45, 7) is 7.48. The summed E-state index contributed by atoms with van der Waals surface area (Å²) in [6, 6.07) is 9.72. The SMILES string of the molecule is C=C(c1ccc2cccc(O[C@H]3CCNC[C@H]3F)c2n1)N1C=CC(Cl)=CC1PC. The number of para-hydroxylation sites is 1. The van der Waals surface area contributed by atoms with Crippen LogP contribution in [0.2, 0.25) is 0 Å². The van der Waals surface area contributed by atoms with Crippen molar-refractivity contribution in [3.8, 4) is 5.75 Å². The Morgan fingerprint density at radius 2 is 2.24 bits per heavy atom. The van der Waals surface area contributed by atoms with Crippen LogP contribution in [-0.4, -0.2) is 47.7 Å². The second kappa shape index (κ2) is 8.83. The number of benzene rings is 1. The summed E-state index contributed by atoms with van der Waals surface area (Å²) < 4.78 is 20.3. The molecule has 2 unspecified atom stereocenters. The molecule has 0 amide bonds. The molecule has 4 rings (SSSR count). The second-order valence-corrected chi connectivity index (χ2v) is 8.75. The van der Waals surface area contributed by atoms with Gasteiger partial charge in [-0.15, -0.1) is 0 Å². The van der Waals surface area contributed by atoms with Crippen LogP contribution in [0.4, 0.5) is 4.39 Å². The van der Waals surface area contributed by atoms with Gasteiger partial charge in [-0.05, 0) is 43.9 Å². The lowest BCUT2D eigenvalue weighted by molar-refractivity contribution is 0.0742. The van der Waals surface area contributed by atoms with Gasteiger partial charge in [0.2, 0.25) is 0 Å². The summed E-state index contributed by atoms with van der Waals surface area (Å²) in [7, 11) is 0.643. The highest BCUT2D eigenvalue weighted by Crippen LogP contribution is 2.34. The van der Waals surface area contributed by atoms with E-state index >= 15 is 0 Å². The molecular formula is C22H24ClFN3OP. The quantitative estimate of drug-likeness (QED) is 0.685. The summed E-state index contributed by atoms with van der Waals surface area (Å²) in [4.78, 5) is 6.93. The molecule has 3 heterocycles. The third-order valence-electron chi connectivity index (χ3n) is 5.22. The molecule has 7 heteroatoms. The van der Waals surface area contributed by atoms with Gasteiger partial charge in [0.25, 0.3) is 0 Å². The number of rotatable bonds is 5. The van der Waals surface area contributed by atoms with Gasteiger partial charge in [-0.1, -0.05) is 45.0 Å². The lowest BCUT2D eigenvalue weighted by Gasteiger charge is -2.31. The molecule has 4 nitrogen and oxygen atoms in total. The summed E-state index contributed by atoms with van der Waals surface area (Å²) >= 11 is 6.16. The van der Waals surface area contributed by atoms with Gasteiger partial charge in [0, 0.05) is 23.2 Å². The number of ether oxygens (including phenoxy) is 1. The third kappa shape index (κ3) is 4.32. The molecule has 4 atom stereocenters. The van der Waals surface area contributed by atoms with Gasteiger partial charge >= 0.3 is 0 Å². The topological polar surface area (TPSA) is 37.4 Å². The molecule has 0 saturated carbocycles. The van der Waals surface area contributed by atoms with Gasteiger partial charge in [0.15, 0.2) is 0 Å². The van der Waals surface area contributed by atoms with Crippen molar-refractivity contribution >= 4 is 36.8 Å². The fraction of sp³-hybridized carbons (Fsp3) is 0.318. The molecule has 29 heavy (non-hydrogen) atoms. The molecule has 2 aromatic rings. The predicted octanol–water partition coefficient (Wildman–Crippen LogP) is 4.87. The summed E-state index contributed by atoms with van der Waals surface area (Å²) in [5, 5.41) is 4.74. The molecule has 1 saturated heterocycles. The number of halogens is 2. The van der Waals surface area contributed by atoms with Crippen LogP contribution in [-0.2, 0) is 0 Å². The Bertz CT molecular complexity index is 980. The average molecular weight is 432 g/mol. The summed E-state index contributed by atoms with van der Waals surface area (Å²) in [6.07, 6.45) is 4.98. The molecule has 0 aliphatic carbocycles. The number of pyridine rings is 1. The van der Waals surface area contributed by atoms with Gasteiger partial charge in [-0.3, -0.25) is 0 Å². The molecule has 1 fully saturated rings. The van der Waals surface area contributed by atoms with Crippen LogP contribution < -0.4 is 10.1 Å². The number of alkyl halides is 1. The van der Waals surface area contributed by atoms with Crippen molar-refractivity contribution in [3.05, 3.63) is 66.0 Å². The van der Waals surface area contributed by atoms with Crippen molar-refractivity contribution in [3.63, 3.8) is 0 Å². The largest absolute Gasteiger partial charge is 0.485 e. The number of allylic oxidation sites excluding steroid dienone is 2. The first-order valence-electron chi connectivity index (χ1n) is 9.68. The number of nitrogens with one attached hydrogen (secondary N) is 1. The van der Waals surface area contributed by atoms with E-state index in [9.17, 15) is 4.39 Å². The zero-order valence-electron chi connectivity index (χ0n) is 16.2. The van der Waals surface area contributed by atoms with E-state index in [0.717, 1.165) is 33.9 Å². The molecule has 2 aliphatic heterocycles. The third-order valence-corrected chi connectivity index (χ3v) is 6.51. The van der Waals surface area contributed by atoms with Crippen LogP contribution in [0.15, 0.2) is 60.3 Å². The maximum atomic E-state index is 14.2. The Morgan fingerprint density at radius 3 is 3.03 bits per heavy atom. The Morgan fingerprint density at radius 1 is 1.38 bits per heavy atom. The number of hydrogen-bond donors (Lipinski definition) is 1. The molecule has 1 aromatic carbocycles. The Hall–Kier alpha value is -1.94. The van der Waals surface area contributed by atoms with Crippen LogP contribution in [0, 0.1) is 0 Å². The molecule has 0 bridgehead atoms. The zero-order valence-corrected chi connectivity index (χ0v) is 18.0. The number of aromatic nitrogens is 1. The highest BCUT2D eigenvalue weighted by molar-refractivity contribution is 7.38. The van der Waals surface area contributed by atoms with Gasteiger partial charge in [0.05, 0.1) is 17.2 Å². The molecule has 1 N–H and O–H groups in total. The van der Waals surface area contributed by atoms with E-state index in [4.69, 9.17) is 21.3 Å². The van der Waals surface area contributed by atoms with E-state index in [1.807, 2.05) is 48.7 Å². The maximum Gasteiger partial charge on any atom is 0.149 e. The van der Waals surface area contributed by atoms with E-state index in [1.54, 1.807) is 0 Å². The fourth-order valence-electron chi connectivity index (χ4n) is 3.61. The molecule has 2 aliphatic rings. The molecule has 1 aromatic heterocycles. The minimum absolute atomic E-state index is 0.158. The number of fused-ring (bicyclic) bond motifs is 1. The van der Waals surface area contributed by atoms with Crippen molar-refractivity contribution in [1.82, 2.24) is 15.2 Å². The average Bonchev–Trinajstić information content (AvgIpc) is 2.74. The van der Waals surface area contributed by atoms with Crippen molar-refractivity contribution in [1.29, 1.82) is 0 Å². The highest BCUT2D eigenvalue weighted by Gasteiger charge is 2.27. The van der Waals surface area contributed by atoms with E-state index in [0.29, 0.717) is 27.3 Å². The first-order chi connectivity index (χ1) is 14.1. The first kappa shape index (κ1) is 20.3. The van der Waals surface area contributed by atoms with Crippen LogP contribution in [0.3, 0.4) is 0 Å². The predicted molar refractivity (Wildman–Crippen MR) is 121 cm³/mol. The molecule has 0 radical (unpaired) electrons. The first-order valence-corrected chi connectivity index (χ1v) is 11.6. The van der Waals surface area contributed by atoms with E-state index in [1.165, 1.54) is 0 Å². The van der Waals surface area contributed by atoms with Crippen LogP contribution in [0.1, 0.15) is 12.1 Å². The van der Waals surface area contributed by atoms with Crippen molar-refractivity contribution in [2.75, 3.05) is 19.8 Å². The van der Waals surface area contributed by atoms with E-state index < -0.39 is 12.3 Å². The van der Waals surface area contributed by atoms with Crippen LogP contribution in [0.25, 0.3) is 16.6 Å². The lowest BCUT2D eigenvalue weighted by atomic mass is 10.1. The van der Waals surface area contributed by atoms with Crippen molar-refractivity contribution in [2.45, 2.75) is 24.5 Å². The number of nitrogens with zero attached hydrogens (tertiary/aromatic N) is 2. The Balaban J connectivity index is 1.65. The fourth-order valence-corrected chi connectivity index (χ4v) is 4.76. The summed E-state index contributed by atoms with van der Waals surface area (Å²) in [5.74, 6) is 0.767. The smallest absolute Gasteiger partial charge is 0.149 e. The highest BCUT2D eigenvalue weighted by atomic mass is 35.5. The Kier molecular flexibility index (Phi) is 6.19. The van der Waals surface area contributed by atoms with Gasteiger partial charge in [-0.25, -0.2) is 9.37 Å². The van der Waals surface area contributed by atoms with Gasteiger partial charge < -0.3 is 15.0 Å². The minimum atomic E-state index is -1.03. The van der Waals surface area contributed by atoms with E-state index in [-0.39, 0.29) is 5.78 Å². The summed E-state index contributed by atoms with van der Waals surface area (Å²) in [5.41, 5.74) is 2.28. The second-order valence-electron chi connectivity index (χ2n) is 7.14. The molecule has 152 valence electrons.